The van der Waals surface area contributed by atoms with E-state index < -0.39 is 0 Å². The van der Waals surface area contributed by atoms with Crippen molar-refractivity contribution in [2.75, 3.05) is 26.2 Å². The molecule has 2 aromatic carbocycles. The van der Waals surface area contributed by atoms with Crippen molar-refractivity contribution in [3.63, 3.8) is 0 Å². The Hall–Kier alpha value is -3.25. The number of benzene rings is 2. The topological polar surface area (TPSA) is 73.9 Å². The molecule has 0 atom stereocenters. The molecule has 2 N–H and O–H groups in total. The molecule has 3 heterocycles. The Balaban J connectivity index is 1.44. The Kier molecular flexibility index (Phi) is 4.46. The Labute approximate surface area is 180 Å². The van der Waals surface area contributed by atoms with E-state index in [1.165, 1.54) is 29.4 Å². The molecule has 6 nitrogen and oxygen atoms in total. The number of rotatable bonds is 2. The third kappa shape index (κ3) is 3.10. The van der Waals surface area contributed by atoms with Crippen molar-refractivity contribution in [2.45, 2.75) is 25.7 Å². The number of hydrogen-bond acceptors (Lipinski definition) is 4. The van der Waals surface area contributed by atoms with Crippen LogP contribution >= 0.6 is 0 Å². The number of aryl methyl sites for hydroxylation is 1. The van der Waals surface area contributed by atoms with Crippen LogP contribution in [0.1, 0.15) is 34.3 Å². The van der Waals surface area contributed by atoms with Gasteiger partial charge >= 0.3 is 0 Å². The number of pyridine rings is 1. The van der Waals surface area contributed by atoms with Gasteiger partial charge in [0.2, 0.25) is 0 Å². The van der Waals surface area contributed by atoms with E-state index >= 15 is 0 Å². The van der Waals surface area contributed by atoms with Crippen LogP contribution in [0.3, 0.4) is 0 Å². The molecule has 1 saturated heterocycles. The molecule has 6 heteroatoms. The van der Waals surface area contributed by atoms with Gasteiger partial charge in [-0.05, 0) is 61.1 Å². The average molecular weight is 412 g/mol. The number of carbonyl (C=O) groups is 1. The summed E-state index contributed by atoms with van der Waals surface area (Å²) in [4.78, 5) is 19.9. The lowest BCUT2D eigenvalue weighted by Gasteiger charge is -2.27. The van der Waals surface area contributed by atoms with Crippen LogP contribution < -0.4 is 5.32 Å². The van der Waals surface area contributed by atoms with Gasteiger partial charge in [-0.2, -0.15) is 5.10 Å². The van der Waals surface area contributed by atoms with Gasteiger partial charge in [-0.3, -0.25) is 9.89 Å². The van der Waals surface area contributed by atoms with Crippen LogP contribution in [0.4, 0.5) is 0 Å². The lowest BCUT2D eigenvalue weighted by molar-refractivity contribution is 0.0736. The number of piperazine rings is 1. The standard InChI is InChI=1S/C25H25N5O/c31-25(30-13-11-26-12-14-30)17-7-5-16(6-8-17)24-19-4-2-1-3-18(19)23-20-15-27-29-21(20)9-10-22(23)28-24/h5-10,15,26H,1-4,11-14H2,(H,27,29). The summed E-state index contributed by atoms with van der Waals surface area (Å²) >= 11 is 0. The second-order valence-corrected chi connectivity index (χ2v) is 8.54. The Morgan fingerprint density at radius 1 is 0.935 bits per heavy atom. The van der Waals surface area contributed by atoms with Gasteiger partial charge in [-0.25, -0.2) is 4.98 Å². The maximum Gasteiger partial charge on any atom is 0.253 e. The molecule has 2 aliphatic rings. The lowest BCUT2D eigenvalue weighted by atomic mass is 9.85. The summed E-state index contributed by atoms with van der Waals surface area (Å²) < 4.78 is 0. The highest BCUT2D eigenvalue weighted by Crippen LogP contribution is 2.37. The predicted octanol–water partition coefficient (Wildman–Crippen LogP) is 3.70. The summed E-state index contributed by atoms with van der Waals surface area (Å²) in [5.74, 6) is 0.115. The molecule has 0 unspecified atom stereocenters. The zero-order valence-electron chi connectivity index (χ0n) is 17.4. The Morgan fingerprint density at radius 3 is 2.52 bits per heavy atom. The number of H-pyrrole nitrogens is 1. The van der Waals surface area contributed by atoms with Crippen molar-refractivity contribution in [3.05, 3.63) is 59.3 Å². The molecule has 1 fully saturated rings. The fourth-order valence-corrected chi connectivity index (χ4v) is 5.11. The minimum absolute atomic E-state index is 0.115. The number of nitrogens with one attached hydrogen (secondary N) is 2. The summed E-state index contributed by atoms with van der Waals surface area (Å²) in [5, 5.41) is 13.0. The second-order valence-electron chi connectivity index (χ2n) is 8.54. The maximum atomic E-state index is 12.8. The van der Waals surface area contributed by atoms with E-state index in [2.05, 4.69) is 39.8 Å². The first-order valence-electron chi connectivity index (χ1n) is 11.2. The zero-order valence-corrected chi connectivity index (χ0v) is 17.4. The fraction of sp³-hybridized carbons (Fsp3) is 0.320. The van der Waals surface area contributed by atoms with Crippen molar-refractivity contribution >= 4 is 27.7 Å². The van der Waals surface area contributed by atoms with Gasteiger partial charge in [0.1, 0.15) is 0 Å². The minimum atomic E-state index is 0.115. The van der Waals surface area contributed by atoms with E-state index in [0.717, 1.165) is 72.3 Å². The van der Waals surface area contributed by atoms with Gasteiger partial charge in [0.15, 0.2) is 0 Å². The number of nitrogens with zero attached hydrogens (tertiary/aromatic N) is 3. The molecule has 0 spiro atoms. The van der Waals surface area contributed by atoms with Crippen LogP contribution in [0.5, 0.6) is 0 Å². The highest BCUT2D eigenvalue weighted by molar-refractivity contribution is 6.07. The third-order valence-electron chi connectivity index (χ3n) is 6.70. The van der Waals surface area contributed by atoms with Gasteiger partial charge in [0, 0.05) is 48.1 Å². The molecule has 1 amide bonds. The number of fused-ring (bicyclic) bond motifs is 5. The fourth-order valence-electron chi connectivity index (χ4n) is 5.11. The van der Waals surface area contributed by atoms with Crippen molar-refractivity contribution in [1.29, 1.82) is 0 Å². The third-order valence-corrected chi connectivity index (χ3v) is 6.70. The van der Waals surface area contributed by atoms with E-state index in [0.29, 0.717) is 0 Å². The van der Waals surface area contributed by atoms with E-state index in [-0.39, 0.29) is 5.91 Å². The highest BCUT2D eigenvalue weighted by Gasteiger charge is 2.22. The van der Waals surface area contributed by atoms with Gasteiger partial charge in [0.25, 0.3) is 5.91 Å². The lowest BCUT2D eigenvalue weighted by Crippen LogP contribution is -2.46. The molecule has 1 aliphatic carbocycles. The van der Waals surface area contributed by atoms with Crippen LogP contribution in [0.25, 0.3) is 33.1 Å². The van der Waals surface area contributed by atoms with Crippen LogP contribution in [0.2, 0.25) is 0 Å². The number of carbonyl (C=O) groups excluding carboxylic acids is 1. The Bertz CT molecular complexity index is 1290. The highest BCUT2D eigenvalue weighted by atomic mass is 16.2. The summed E-state index contributed by atoms with van der Waals surface area (Å²) in [5.41, 5.74) is 7.75. The molecular weight excluding hydrogens is 386 g/mol. The quantitative estimate of drug-likeness (QED) is 0.527. The molecule has 0 saturated carbocycles. The first kappa shape index (κ1) is 18.5. The van der Waals surface area contributed by atoms with Crippen molar-refractivity contribution in [2.24, 2.45) is 0 Å². The molecule has 156 valence electrons. The van der Waals surface area contributed by atoms with E-state index in [1.54, 1.807) is 0 Å². The Morgan fingerprint density at radius 2 is 1.71 bits per heavy atom. The maximum absolute atomic E-state index is 12.8. The van der Waals surface area contributed by atoms with Crippen LogP contribution in [-0.2, 0) is 12.8 Å². The number of hydrogen-bond donors (Lipinski definition) is 2. The molecule has 0 bridgehead atoms. The van der Waals surface area contributed by atoms with E-state index in [4.69, 9.17) is 4.98 Å². The normalized spacial score (nSPS) is 16.6. The smallest absolute Gasteiger partial charge is 0.253 e. The summed E-state index contributed by atoms with van der Waals surface area (Å²) in [6.07, 6.45) is 6.44. The molecular formula is C25H25N5O. The molecule has 0 radical (unpaired) electrons. The second kappa shape index (κ2) is 7.46. The average Bonchev–Trinajstić information content (AvgIpc) is 3.33. The molecule has 1 aliphatic heterocycles. The largest absolute Gasteiger partial charge is 0.336 e. The first-order chi connectivity index (χ1) is 15.3. The molecule has 31 heavy (non-hydrogen) atoms. The molecule has 6 rings (SSSR count). The summed E-state index contributed by atoms with van der Waals surface area (Å²) in [6, 6.07) is 12.2. The molecule has 2 aromatic heterocycles. The van der Waals surface area contributed by atoms with Crippen LogP contribution in [-0.4, -0.2) is 52.2 Å². The van der Waals surface area contributed by atoms with Gasteiger partial charge in [-0.15, -0.1) is 0 Å². The van der Waals surface area contributed by atoms with Crippen molar-refractivity contribution in [3.8, 4) is 11.3 Å². The van der Waals surface area contributed by atoms with Crippen LogP contribution in [0.15, 0.2) is 42.6 Å². The first-order valence-corrected chi connectivity index (χ1v) is 11.2. The molecule has 4 aromatic rings. The number of aromatic nitrogens is 3. The SMILES string of the molecule is O=C(c1ccc(-c2nc3ccc4[nH]ncc4c3c3c2CCCC3)cc1)N1CCNCC1. The summed E-state index contributed by atoms with van der Waals surface area (Å²) in [7, 11) is 0. The van der Waals surface area contributed by atoms with E-state index in [9.17, 15) is 4.79 Å². The summed E-state index contributed by atoms with van der Waals surface area (Å²) in [6.45, 7) is 3.26. The van der Waals surface area contributed by atoms with Gasteiger partial charge in [-0.1, -0.05) is 12.1 Å². The monoisotopic (exact) mass is 411 g/mol. The van der Waals surface area contributed by atoms with Gasteiger partial charge < -0.3 is 10.2 Å². The van der Waals surface area contributed by atoms with E-state index in [1.807, 2.05) is 23.2 Å². The minimum Gasteiger partial charge on any atom is -0.336 e. The van der Waals surface area contributed by atoms with Crippen LogP contribution in [0, 0.1) is 0 Å². The van der Waals surface area contributed by atoms with Crippen molar-refractivity contribution < 1.29 is 4.79 Å². The van der Waals surface area contributed by atoms with Gasteiger partial charge in [0.05, 0.1) is 22.9 Å². The predicted molar refractivity (Wildman–Crippen MR) is 122 cm³/mol. The van der Waals surface area contributed by atoms with Crippen molar-refractivity contribution in [1.82, 2.24) is 25.4 Å². The zero-order chi connectivity index (χ0) is 20.8. The number of aromatic amines is 1. The number of amides is 1.